The summed E-state index contributed by atoms with van der Waals surface area (Å²) in [5.41, 5.74) is 0. The number of carboxylic acid groups (broad SMARTS) is 2. The number of nitrogens with one attached hydrogen (secondary N) is 1. The summed E-state index contributed by atoms with van der Waals surface area (Å²) in [5.74, 6) is -2.72. The second-order valence-corrected chi connectivity index (χ2v) is 9.14. The minimum Gasteiger partial charge on any atom is -0.481 e. The second kappa shape index (κ2) is 11.9. The summed E-state index contributed by atoms with van der Waals surface area (Å²) in [6, 6.07) is -1.09. The number of ether oxygens (including phenoxy) is 1. The number of amides is 1. The zero-order chi connectivity index (χ0) is 24.0. The SMILES string of the molecule is CC1CCCC(N(C)CC2OC(CC(=O)N[C@@H](CCC(=O)O)C(=O)O)C(O)C(O)C2O)C1. The Morgan fingerprint density at radius 2 is 1.72 bits per heavy atom. The molecule has 2 aliphatic rings. The molecule has 0 radical (unpaired) electrons. The van der Waals surface area contributed by atoms with Gasteiger partial charge in [0, 0.05) is 19.0 Å². The van der Waals surface area contributed by atoms with Gasteiger partial charge >= 0.3 is 11.9 Å². The average molecular weight is 461 g/mol. The molecule has 1 aliphatic heterocycles. The van der Waals surface area contributed by atoms with E-state index in [9.17, 15) is 34.8 Å². The number of aliphatic hydroxyl groups is 3. The van der Waals surface area contributed by atoms with Gasteiger partial charge in [-0.15, -0.1) is 0 Å². The van der Waals surface area contributed by atoms with Crippen LogP contribution < -0.4 is 5.32 Å². The fourth-order valence-corrected chi connectivity index (χ4v) is 4.54. The third-order valence-electron chi connectivity index (χ3n) is 6.48. The van der Waals surface area contributed by atoms with Gasteiger partial charge in [-0.3, -0.25) is 9.59 Å². The summed E-state index contributed by atoms with van der Waals surface area (Å²) in [6.45, 7) is 2.50. The highest BCUT2D eigenvalue weighted by Crippen LogP contribution is 2.29. The Balaban J connectivity index is 1.97. The number of hydrogen-bond donors (Lipinski definition) is 6. The van der Waals surface area contributed by atoms with Crippen LogP contribution in [-0.4, -0.2) is 104 Å². The van der Waals surface area contributed by atoms with Crippen molar-refractivity contribution < 1.29 is 44.7 Å². The van der Waals surface area contributed by atoms with Gasteiger partial charge in [0.05, 0.1) is 18.6 Å². The molecular weight excluding hydrogens is 424 g/mol. The van der Waals surface area contributed by atoms with Gasteiger partial charge in [-0.05, 0) is 32.2 Å². The molecular formula is C21H36N2O9. The van der Waals surface area contributed by atoms with Crippen molar-refractivity contribution in [2.24, 2.45) is 5.92 Å². The molecule has 184 valence electrons. The quantitative estimate of drug-likeness (QED) is 0.241. The molecule has 6 N–H and O–H groups in total. The number of carboxylic acids is 2. The van der Waals surface area contributed by atoms with Gasteiger partial charge in [0.25, 0.3) is 0 Å². The zero-order valence-corrected chi connectivity index (χ0v) is 18.6. The first-order valence-corrected chi connectivity index (χ1v) is 11.1. The van der Waals surface area contributed by atoms with Crippen LogP contribution in [0.25, 0.3) is 0 Å². The third kappa shape index (κ3) is 7.38. The molecule has 0 aromatic rings. The van der Waals surface area contributed by atoms with Crippen LogP contribution >= 0.6 is 0 Å². The van der Waals surface area contributed by atoms with E-state index in [0.29, 0.717) is 18.5 Å². The van der Waals surface area contributed by atoms with Gasteiger partial charge in [-0.1, -0.05) is 19.8 Å². The van der Waals surface area contributed by atoms with Crippen molar-refractivity contribution in [3.63, 3.8) is 0 Å². The van der Waals surface area contributed by atoms with Crippen molar-refractivity contribution in [2.75, 3.05) is 13.6 Å². The van der Waals surface area contributed by atoms with Gasteiger partial charge in [-0.2, -0.15) is 0 Å². The maximum absolute atomic E-state index is 12.3. The Hall–Kier alpha value is -1.79. The molecule has 1 aliphatic carbocycles. The van der Waals surface area contributed by atoms with Gasteiger partial charge in [0.2, 0.25) is 5.91 Å². The predicted octanol–water partition coefficient (Wildman–Crippen LogP) is -0.829. The van der Waals surface area contributed by atoms with Crippen molar-refractivity contribution in [1.29, 1.82) is 0 Å². The van der Waals surface area contributed by atoms with Gasteiger partial charge in [0.15, 0.2) is 0 Å². The van der Waals surface area contributed by atoms with E-state index in [1.165, 1.54) is 6.42 Å². The molecule has 7 unspecified atom stereocenters. The highest BCUT2D eigenvalue weighted by Gasteiger charge is 2.45. The number of carbonyl (C=O) groups excluding carboxylic acids is 1. The lowest BCUT2D eigenvalue weighted by molar-refractivity contribution is -0.226. The van der Waals surface area contributed by atoms with Crippen LogP contribution in [0.1, 0.15) is 51.9 Å². The predicted molar refractivity (Wildman–Crippen MR) is 112 cm³/mol. The summed E-state index contributed by atoms with van der Waals surface area (Å²) in [4.78, 5) is 36.4. The lowest BCUT2D eigenvalue weighted by Crippen LogP contribution is -2.61. The van der Waals surface area contributed by atoms with E-state index in [1.54, 1.807) is 0 Å². The van der Waals surface area contributed by atoms with Crippen LogP contribution in [0.3, 0.4) is 0 Å². The molecule has 2 fully saturated rings. The first-order valence-electron chi connectivity index (χ1n) is 11.1. The summed E-state index contributed by atoms with van der Waals surface area (Å²) < 4.78 is 5.78. The Kier molecular flexibility index (Phi) is 9.83. The number of hydrogen-bond acceptors (Lipinski definition) is 8. The number of rotatable bonds is 10. The fraction of sp³-hybridized carbons (Fsp3) is 0.857. The Morgan fingerprint density at radius 1 is 1.06 bits per heavy atom. The highest BCUT2D eigenvalue weighted by molar-refractivity contribution is 5.84. The molecule has 0 aromatic carbocycles. The van der Waals surface area contributed by atoms with Crippen LogP contribution in [0, 0.1) is 5.92 Å². The minimum atomic E-state index is -1.53. The minimum absolute atomic E-state index is 0.293. The second-order valence-electron chi connectivity index (χ2n) is 9.14. The molecule has 0 aromatic heterocycles. The maximum atomic E-state index is 12.3. The van der Waals surface area contributed by atoms with Crippen LogP contribution in [0.15, 0.2) is 0 Å². The molecule has 0 bridgehead atoms. The number of aliphatic hydroxyl groups excluding tert-OH is 3. The number of likely N-dealkylation sites (N-methyl/N-ethyl adjacent to an activating group) is 1. The number of carbonyl (C=O) groups is 3. The van der Waals surface area contributed by atoms with Gasteiger partial charge in [0.1, 0.15) is 24.4 Å². The standard InChI is InChI=1S/C21H36N2O9/c1-11-4-3-5-12(8-11)23(2)10-15-19(28)20(29)18(27)14(32-15)9-16(24)22-13(21(30)31)6-7-17(25)26/h11-15,18-20,27-29H,3-10H2,1-2H3,(H,22,24)(H,25,26)(H,30,31)/t11?,12?,13-,14?,15?,18?,19?,20?/m0/s1. The van der Waals surface area contributed by atoms with Crippen LogP contribution in [0.2, 0.25) is 0 Å². The first-order chi connectivity index (χ1) is 15.0. The van der Waals surface area contributed by atoms with Crippen LogP contribution in [0.4, 0.5) is 0 Å². The molecule has 1 saturated heterocycles. The summed E-state index contributed by atoms with van der Waals surface area (Å²) in [7, 11) is 1.91. The van der Waals surface area contributed by atoms with E-state index in [-0.39, 0.29) is 6.42 Å². The molecule has 1 amide bonds. The largest absolute Gasteiger partial charge is 0.481 e. The summed E-state index contributed by atoms with van der Waals surface area (Å²) in [6.07, 6.45) is -3.21. The molecule has 1 saturated carbocycles. The van der Waals surface area contributed by atoms with E-state index in [2.05, 4.69) is 17.1 Å². The van der Waals surface area contributed by atoms with E-state index in [0.717, 1.165) is 19.3 Å². The molecule has 2 rings (SSSR count). The topological polar surface area (TPSA) is 177 Å². The van der Waals surface area contributed by atoms with Crippen LogP contribution in [0.5, 0.6) is 0 Å². The van der Waals surface area contributed by atoms with Gasteiger partial charge < -0.3 is 40.5 Å². The molecule has 1 heterocycles. The molecule has 11 heteroatoms. The van der Waals surface area contributed by atoms with E-state index in [4.69, 9.17) is 9.84 Å². The van der Waals surface area contributed by atoms with Crippen molar-refractivity contribution in [3.05, 3.63) is 0 Å². The normalized spacial score (nSPS) is 34.1. The van der Waals surface area contributed by atoms with E-state index in [1.807, 2.05) is 7.05 Å². The van der Waals surface area contributed by atoms with E-state index < -0.39 is 67.2 Å². The Morgan fingerprint density at radius 3 is 2.31 bits per heavy atom. The number of nitrogens with zero attached hydrogens (tertiary/aromatic N) is 1. The van der Waals surface area contributed by atoms with Crippen molar-refractivity contribution in [2.45, 2.75) is 94.5 Å². The van der Waals surface area contributed by atoms with Crippen molar-refractivity contribution in [3.8, 4) is 0 Å². The van der Waals surface area contributed by atoms with E-state index >= 15 is 0 Å². The summed E-state index contributed by atoms with van der Waals surface area (Å²) in [5, 5.41) is 51.1. The average Bonchev–Trinajstić information content (AvgIpc) is 2.72. The molecule has 11 nitrogen and oxygen atoms in total. The van der Waals surface area contributed by atoms with Crippen molar-refractivity contribution in [1.82, 2.24) is 10.2 Å². The zero-order valence-electron chi connectivity index (χ0n) is 18.6. The first kappa shape index (κ1) is 26.5. The molecule has 0 spiro atoms. The van der Waals surface area contributed by atoms with Crippen molar-refractivity contribution >= 4 is 17.8 Å². The maximum Gasteiger partial charge on any atom is 0.326 e. The van der Waals surface area contributed by atoms with Gasteiger partial charge in [-0.25, -0.2) is 4.79 Å². The smallest absolute Gasteiger partial charge is 0.326 e. The Labute approximate surface area is 187 Å². The lowest BCUT2D eigenvalue weighted by atomic mass is 9.86. The number of aliphatic carboxylic acids is 2. The monoisotopic (exact) mass is 460 g/mol. The molecule has 8 atom stereocenters. The third-order valence-corrected chi connectivity index (χ3v) is 6.48. The fourth-order valence-electron chi connectivity index (χ4n) is 4.54. The summed E-state index contributed by atoms with van der Waals surface area (Å²) >= 11 is 0. The molecule has 32 heavy (non-hydrogen) atoms. The highest BCUT2D eigenvalue weighted by atomic mass is 16.5. The lowest BCUT2D eigenvalue weighted by Gasteiger charge is -2.43. The van der Waals surface area contributed by atoms with Crippen LogP contribution in [-0.2, 0) is 19.1 Å². The Bertz CT molecular complexity index is 661.